The van der Waals surface area contributed by atoms with Gasteiger partial charge in [0.1, 0.15) is 6.10 Å². The van der Waals surface area contributed by atoms with Crippen molar-refractivity contribution in [3.8, 4) is 0 Å². The molecule has 0 saturated heterocycles. The molecule has 0 radical (unpaired) electrons. The topological polar surface area (TPSA) is 73.3 Å². The maximum Gasteiger partial charge on any atom is 0.152 e. The third kappa shape index (κ3) is 2.13. The van der Waals surface area contributed by atoms with Crippen LogP contribution in [0.5, 0.6) is 0 Å². The molecule has 2 unspecified atom stereocenters. The molecule has 0 aliphatic heterocycles. The maximum absolute atomic E-state index is 10.9. The Balaban J connectivity index is 2.60. The van der Waals surface area contributed by atoms with E-state index in [-0.39, 0.29) is 5.33 Å². The average Bonchev–Trinajstić information content (AvgIpc) is 2.79. The van der Waals surface area contributed by atoms with Crippen molar-refractivity contribution < 1.29 is 15.0 Å². The molecule has 1 aromatic heterocycles. The lowest BCUT2D eigenvalue weighted by Crippen LogP contribution is -2.19. The summed E-state index contributed by atoms with van der Waals surface area (Å²) in [5, 5.41) is 20.6. The zero-order valence-corrected chi connectivity index (χ0v) is 10.5. The van der Waals surface area contributed by atoms with Crippen LogP contribution in [0, 0.1) is 0 Å². The van der Waals surface area contributed by atoms with Crippen LogP contribution in [0.4, 0.5) is 0 Å². The van der Waals surface area contributed by atoms with Crippen molar-refractivity contribution in [2.24, 2.45) is 0 Å². The van der Waals surface area contributed by atoms with Crippen LogP contribution in [0.2, 0.25) is 0 Å². The van der Waals surface area contributed by atoms with Crippen LogP contribution < -0.4 is 0 Å². The molecule has 0 saturated carbocycles. The summed E-state index contributed by atoms with van der Waals surface area (Å²) in [5.41, 5.74) is 1.81. The number of aliphatic hydroxyl groups is 2. The molecule has 2 rings (SSSR count). The van der Waals surface area contributed by atoms with Crippen LogP contribution in [0.15, 0.2) is 24.4 Å². The molecule has 0 amide bonds. The van der Waals surface area contributed by atoms with Gasteiger partial charge in [-0.3, -0.25) is 4.79 Å². The van der Waals surface area contributed by atoms with Gasteiger partial charge in [-0.15, -0.1) is 0 Å². The first kappa shape index (κ1) is 12.3. The van der Waals surface area contributed by atoms with Gasteiger partial charge in [0, 0.05) is 28.0 Å². The number of aliphatic hydroxyl groups excluding tert-OH is 2. The predicted octanol–water partition coefficient (Wildman–Crippen LogP) is 1.77. The van der Waals surface area contributed by atoms with Crippen LogP contribution in [0.1, 0.15) is 22.0 Å². The number of halogens is 1. The van der Waals surface area contributed by atoms with E-state index >= 15 is 0 Å². The first-order valence-corrected chi connectivity index (χ1v) is 6.28. The minimum atomic E-state index is -1.02. The van der Waals surface area contributed by atoms with Crippen LogP contribution in [-0.2, 0) is 0 Å². The van der Waals surface area contributed by atoms with Gasteiger partial charge < -0.3 is 15.2 Å². The summed E-state index contributed by atoms with van der Waals surface area (Å²) in [6.45, 7) is 0. The quantitative estimate of drug-likeness (QED) is 0.595. The van der Waals surface area contributed by atoms with Crippen LogP contribution in [0.25, 0.3) is 10.9 Å². The minimum absolute atomic E-state index is 0.269. The summed E-state index contributed by atoms with van der Waals surface area (Å²) >= 11 is 3.12. The number of fused-ring (bicyclic) bond motifs is 1. The molecule has 1 aromatic carbocycles. The summed E-state index contributed by atoms with van der Waals surface area (Å²) in [6.07, 6.45) is 0.395. The van der Waals surface area contributed by atoms with Gasteiger partial charge in [-0.1, -0.05) is 28.1 Å². The molecular weight excluding hydrogens is 286 g/mol. The Bertz CT molecular complexity index is 538. The van der Waals surface area contributed by atoms with Gasteiger partial charge in [-0.2, -0.15) is 0 Å². The standard InChI is InChI=1S/C12H12BrNO3/c13-4-10(16)12(17)8-2-1-3-9-11(8)7(6-15)5-14-9/h1-3,5-6,10,12,14,16-17H,4H2. The Morgan fingerprint density at radius 3 is 2.82 bits per heavy atom. The van der Waals surface area contributed by atoms with Gasteiger partial charge in [0.2, 0.25) is 0 Å². The summed E-state index contributed by atoms with van der Waals surface area (Å²) in [6, 6.07) is 5.30. The number of benzene rings is 1. The highest BCUT2D eigenvalue weighted by atomic mass is 79.9. The van der Waals surface area contributed by atoms with E-state index < -0.39 is 12.2 Å². The fraction of sp³-hybridized carbons (Fsp3) is 0.250. The Kier molecular flexibility index (Phi) is 3.61. The summed E-state index contributed by atoms with van der Waals surface area (Å²) in [5.74, 6) is 0. The third-order valence-corrected chi connectivity index (χ3v) is 3.40. The van der Waals surface area contributed by atoms with Crippen molar-refractivity contribution in [2.75, 3.05) is 5.33 Å². The van der Waals surface area contributed by atoms with E-state index in [0.29, 0.717) is 16.5 Å². The number of nitrogens with one attached hydrogen (secondary N) is 1. The maximum atomic E-state index is 10.9. The number of carbonyl (C=O) groups is 1. The second-order valence-electron chi connectivity index (χ2n) is 3.80. The summed E-state index contributed by atoms with van der Waals surface area (Å²) < 4.78 is 0. The van der Waals surface area contributed by atoms with Gasteiger partial charge in [0.15, 0.2) is 6.29 Å². The number of rotatable bonds is 4. The van der Waals surface area contributed by atoms with E-state index in [0.717, 1.165) is 11.8 Å². The van der Waals surface area contributed by atoms with Crippen molar-refractivity contribution in [3.05, 3.63) is 35.5 Å². The molecule has 0 bridgehead atoms. The summed E-state index contributed by atoms with van der Waals surface area (Å²) in [7, 11) is 0. The van der Waals surface area contributed by atoms with Gasteiger partial charge in [0.25, 0.3) is 0 Å². The van der Waals surface area contributed by atoms with E-state index in [1.807, 2.05) is 6.07 Å². The molecule has 4 nitrogen and oxygen atoms in total. The molecule has 2 aromatic rings. The monoisotopic (exact) mass is 297 g/mol. The zero-order valence-electron chi connectivity index (χ0n) is 8.93. The molecule has 0 aliphatic rings. The number of H-pyrrole nitrogens is 1. The SMILES string of the molecule is O=Cc1c[nH]c2cccc(C(O)C(O)CBr)c12. The van der Waals surface area contributed by atoms with Crippen molar-refractivity contribution in [1.29, 1.82) is 0 Å². The molecule has 0 spiro atoms. The lowest BCUT2D eigenvalue weighted by molar-refractivity contribution is 0.0352. The van der Waals surface area contributed by atoms with Crippen LogP contribution in [0.3, 0.4) is 0 Å². The number of hydrogen-bond acceptors (Lipinski definition) is 3. The van der Waals surface area contributed by atoms with Gasteiger partial charge >= 0.3 is 0 Å². The smallest absolute Gasteiger partial charge is 0.152 e. The predicted molar refractivity (Wildman–Crippen MR) is 68.4 cm³/mol. The average molecular weight is 298 g/mol. The van der Waals surface area contributed by atoms with Crippen molar-refractivity contribution in [2.45, 2.75) is 12.2 Å². The van der Waals surface area contributed by atoms with E-state index in [1.54, 1.807) is 18.3 Å². The number of aldehydes is 1. The highest BCUT2D eigenvalue weighted by Crippen LogP contribution is 2.28. The molecule has 17 heavy (non-hydrogen) atoms. The fourth-order valence-corrected chi connectivity index (χ4v) is 2.23. The molecule has 5 heteroatoms. The molecule has 1 heterocycles. The van der Waals surface area contributed by atoms with E-state index in [2.05, 4.69) is 20.9 Å². The number of alkyl halides is 1. The Labute approximate surface area is 106 Å². The van der Waals surface area contributed by atoms with Crippen molar-refractivity contribution in [1.82, 2.24) is 4.98 Å². The zero-order chi connectivity index (χ0) is 12.4. The Morgan fingerprint density at radius 1 is 1.41 bits per heavy atom. The summed E-state index contributed by atoms with van der Waals surface area (Å²) in [4.78, 5) is 13.9. The van der Waals surface area contributed by atoms with E-state index in [9.17, 15) is 15.0 Å². The lowest BCUT2D eigenvalue weighted by atomic mass is 9.99. The first-order valence-electron chi connectivity index (χ1n) is 5.16. The third-order valence-electron chi connectivity index (χ3n) is 2.74. The molecule has 90 valence electrons. The lowest BCUT2D eigenvalue weighted by Gasteiger charge is -2.17. The minimum Gasteiger partial charge on any atom is -0.389 e. The number of hydrogen-bond donors (Lipinski definition) is 3. The number of aromatic amines is 1. The van der Waals surface area contributed by atoms with E-state index in [1.165, 1.54) is 0 Å². The van der Waals surface area contributed by atoms with Crippen LogP contribution >= 0.6 is 15.9 Å². The first-order chi connectivity index (χ1) is 8.19. The molecule has 2 atom stereocenters. The second kappa shape index (κ2) is 5.00. The fourth-order valence-electron chi connectivity index (χ4n) is 1.87. The number of aromatic nitrogens is 1. The molecule has 0 fully saturated rings. The van der Waals surface area contributed by atoms with Gasteiger partial charge in [-0.25, -0.2) is 0 Å². The van der Waals surface area contributed by atoms with Gasteiger partial charge in [0.05, 0.1) is 6.10 Å². The highest BCUT2D eigenvalue weighted by Gasteiger charge is 2.21. The normalized spacial score (nSPS) is 14.8. The van der Waals surface area contributed by atoms with E-state index in [4.69, 9.17) is 0 Å². The second-order valence-corrected chi connectivity index (χ2v) is 4.45. The highest BCUT2D eigenvalue weighted by molar-refractivity contribution is 9.09. The van der Waals surface area contributed by atoms with Gasteiger partial charge in [-0.05, 0) is 11.6 Å². The van der Waals surface area contributed by atoms with Crippen molar-refractivity contribution >= 4 is 33.1 Å². The molecular formula is C12H12BrNO3. The Morgan fingerprint density at radius 2 is 2.18 bits per heavy atom. The van der Waals surface area contributed by atoms with Crippen molar-refractivity contribution in [3.63, 3.8) is 0 Å². The Hall–Kier alpha value is -1.17. The molecule has 0 aliphatic carbocycles. The molecule has 3 N–H and O–H groups in total. The number of carbonyl (C=O) groups excluding carboxylic acids is 1. The van der Waals surface area contributed by atoms with Crippen LogP contribution in [-0.4, -0.2) is 32.9 Å². The largest absolute Gasteiger partial charge is 0.389 e.